The fraction of sp³-hybridized carbons (Fsp3) is 0.208. The fourth-order valence-electron chi connectivity index (χ4n) is 3.45. The first kappa shape index (κ1) is 20.9. The Morgan fingerprint density at radius 1 is 1.13 bits per heavy atom. The summed E-state index contributed by atoms with van der Waals surface area (Å²) < 4.78 is 12.5. The van der Waals surface area contributed by atoms with Gasteiger partial charge < -0.3 is 9.15 Å². The zero-order valence-electron chi connectivity index (χ0n) is 17.4. The Bertz CT molecular complexity index is 1340. The van der Waals surface area contributed by atoms with E-state index in [0.717, 1.165) is 34.4 Å². The minimum Gasteiger partial charge on any atom is -0.457 e. The van der Waals surface area contributed by atoms with Crippen molar-refractivity contribution in [2.45, 2.75) is 33.8 Å². The lowest BCUT2D eigenvalue weighted by molar-refractivity contribution is 0.0474. The Labute approximate surface area is 184 Å². The molecule has 0 amide bonds. The van der Waals surface area contributed by atoms with Crippen LogP contribution in [0.3, 0.4) is 0 Å². The van der Waals surface area contributed by atoms with Gasteiger partial charge in [0.05, 0.1) is 27.7 Å². The van der Waals surface area contributed by atoms with E-state index in [0.29, 0.717) is 21.7 Å². The molecule has 0 aliphatic rings. The minimum absolute atomic E-state index is 0.0266. The smallest absolute Gasteiger partial charge is 0.338 e. The van der Waals surface area contributed by atoms with E-state index < -0.39 is 11.6 Å². The third-order valence-corrected chi connectivity index (χ3v) is 5.76. The quantitative estimate of drug-likeness (QED) is 0.319. The van der Waals surface area contributed by atoms with E-state index in [1.54, 1.807) is 28.9 Å². The van der Waals surface area contributed by atoms with Gasteiger partial charge in [-0.25, -0.2) is 14.3 Å². The topological polar surface area (TPSA) is 74.3 Å². The van der Waals surface area contributed by atoms with E-state index in [1.807, 2.05) is 39.0 Å². The van der Waals surface area contributed by atoms with Gasteiger partial charge >= 0.3 is 11.6 Å². The van der Waals surface area contributed by atoms with E-state index >= 15 is 0 Å². The van der Waals surface area contributed by atoms with E-state index in [1.165, 1.54) is 6.07 Å². The molecule has 7 heteroatoms. The highest BCUT2D eigenvalue weighted by atomic mass is 35.5. The van der Waals surface area contributed by atoms with Crippen LogP contribution in [0.2, 0.25) is 5.02 Å². The Morgan fingerprint density at radius 2 is 1.87 bits per heavy atom. The predicted octanol–water partition coefficient (Wildman–Crippen LogP) is 5.17. The molecule has 2 heterocycles. The molecule has 0 saturated carbocycles. The van der Waals surface area contributed by atoms with Gasteiger partial charge in [-0.05, 0) is 56.2 Å². The molecule has 6 nitrogen and oxygen atoms in total. The van der Waals surface area contributed by atoms with Crippen LogP contribution in [0.1, 0.15) is 39.8 Å². The molecule has 0 saturated heterocycles. The zero-order valence-corrected chi connectivity index (χ0v) is 18.2. The molecular formula is C24H21ClN2O4. The summed E-state index contributed by atoms with van der Waals surface area (Å²) in [5, 5.41) is 5.78. The Hall–Kier alpha value is -3.38. The van der Waals surface area contributed by atoms with Crippen LogP contribution in [-0.2, 0) is 17.8 Å². The summed E-state index contributed by atoms with van der Waals surface area (Å²) in [6, 6.07) is 14.0. The van der Waals surface area contributed by atoms with Crippen LogP contribution in [0.15, 0.2) is 57.7 Å². The molecule has 0 aliphatic heterocycles. The van der Waals surface area contributed by atoms with Gasteiger partial charge in [0.1, 0.15) is 12.2 Å². The molecule has 4 aromatic rings. The molecule has 0 unspecified atom stereocenters. The molecule has 4 rings (SSSR count). The summed E-state index contributed by atoms with van der Waals surface area (Å²) in [5.74, 6) is -0.482. The molecule has 0 spiro atoms. The second kappa shape index (κ2) is 8.40. The average molecular weight is 437 g/mol. The molecule has 0 fully saturated rings. The second-order valence-corrected chi connectivity index (χ2v) is 7.67. The number of carbonyl (C=O) groups is 1. The maximum Gasteiger partial charge on any atom is 0.338 e. The number of carbonyl (C=O) groups excluding carboxylic acids is 1. The first-order valence-electron chi connectivity index (χ1n) is 9.92. The van der Waals surface area contributed by atoms with Gasteiger partial charge in [-0.1, -0.05) is 30.7 Å². The highest BCUT2D eigenvalue weighted by molar-refractivity contribution is 6.31. The first-order valence-corrected chi connectivity index (χ1v) is 10.3. The van der Waals surface area contributed by atoms with Crippen LogP contribution < -0.4 is 5.63 Å². The molecule has 0 aliphatic carbocycles. The van der Waals surface area contributed by atoms with Gasteiger partial charge in [0, 0.05) is 17.0 Å². The molecule has 0 bridgehead atoms. The summed E-state index contributed by atoms with van der Waals surface area (Å²) in [6.07, 6.45) is 0.832. The van der Waals surface area contributed by atoms with Crippen molar-refractivity contribution in [2.24, 2.45) is 0 Å². The summed E-state index contributed by atoms with van der Waals surface area (Å²) in [4.78, 5) is 24.5. The highest BCUT2D eigenvalue weighted by Gasteiger charge is 2.14. The van der Waals surface area contributed by atoms with Crippen molar-refractivity contribution in [3.8, 4) is 5.69 Å². The summed E-state index contributed by atoms with van der Waals surface area (Å²) in [6.45, 7) is 5.73. The number of hydrogen-bond acceptors (Lipinski definition) is 5. The lowest BCUT2D eigenvalue weighted by Gasteiger charge is -2.09. The molecule has 0 atom stereocenters. The predicted molar refractivity (Wildman–Crippen MR) is 119 cm³/mol. The summed E-state index contributed by atoms with van der Waals surface area (Å²) in [5.41, 5.74) is 4.46. The number of ether oxygens (including phenoxy) is 1. The van der Waals surface area contributed by atoms with Crippen molar-refractivity contribution in [3.05, 3.63) is 92.1 Å². The van der Waals surface area contributed by atoms with Crippen molar-refractivity contribution in [1.29, 1.82) is 0 Å². The molecule has 31 heavy (non-hydrogen) atoms. The third-order valence-electron chi connectivity index (χ3n) is 5.21. The normalized spacial score (nSPS) is 11.1. The van der Waals surface area contributed by atoms with Crippen LogP contribution in [0.5, 0.6) is 0 Å². The van der Waals surface area contributed by atoms with Crippen LogP contribution in [0, 0.1) is 13.8 Å². The van der Waals surface area contributed by atoms with Crippen LogP contribution in [0.4, 0.5) is 0 Å². The minimum atomic E-state index is -0.482. The summed E-state index contributed by atoms with van der Waals surface area (Å²) >= 11 is 6.21. The maximum absolute atomic E-state index is 12.5. The van der Waals surface area contributed by atoms with E-state index in [-0.39, 0.29) is 6.61 Å². The Balaban J connectivity index is 1.53. The maximum atomic E-state index is 12.5. The number of halogens is 1. The SMILES string of the molecule is CCc1ccc2c(COC(=O)c3ccc(-n4nc(C)c(Cl)c4C)cc3)cc(=O)oc2c1. The van der Waals surface area contributed by atoms with Gasteiger partial charge in [0.25, 0.3) is 0 Å². The second-order valence-electron chi connectivity index (χ2n) is 7.29. The van der Waals surface area contributed by atoms with Gasteiger partial charge in [-0.2, -0.15) is 5.10 Å². The fourth-order valence-corrected chi connectivity index (χ4v) is 3.57. The molecule has 158 valence electrons. The van der Waals surface area contributed by atoms with Gasteiger partial charge in [0.2, 0.25) is 0 Å². The monoisotopic (exact) mass is 436 g/mol. The lowest BCUT2D eigenvalue weighted by atomic mass is 10.1. The molecule has 2 aromatic heterocycles. The van der Waals surface area contributed by atoms with Crippen molar-refractivity contribution < 1.29 is 13.9 Å². The molecule has 0 N–H and O–H groups in total. The van der Waals surface area contributed by atoms with Gasteiger partial charge in [-0.3, -0.25) is 0 Å². The van der Waals surface area contributed by atoms with E-state index in [9.17, 15) is 9.59 Å². The summed E-state index contributed by atoms with van der Waals surface area (Å²) in [7, 11) is 0. The number of aromatic nitrogens is 2. The lowest BCUT2D eigenvalue weighted by Crippen LogP contribution is -2.08. The molecule has 2 aromatic carbocycles. The largest absolute Gasteiger partial charge is 0.457 e. The number of rotatable bonds is 5. The average Bonchev–Trinajstić information content (AvgIpc) is 3.04. The Kier molecular flexibility index (Phi) is 5.65. The highest BCUT2D eigenvalue weighted by Crippen LogP contribution is 2.23. The number of benzene rings is 2. The van der Waals surface area contributed by atoms with Crippen molar-refractivity contribution in [3.63, 3.8) is 0 Å². The standard InChI is InChI=1S/C24H21ClN2O4/c1-4-16-5-10-20-18(12-22(28)31-21(20)11-16)13-30-24(29)17-6-8-19(9-7-17)27-15(3)23(25)14(2)26-27/h5-12H,4,13H2,1-3H3. The van der Waals surface area contributed by atoms with Crippen LogP contribution in [0.25, 0.3) is 16.7 Å². The van der Waals surface area contributed by atoms with Crippen LogP contribution >= 0.6 is 11.6 Å². The van der Waals surface area contributed by atoms with Crippen molar-refractivity contribution in [2.75, 3.05) is 0 Å². The van der Waals surface area contributed by atoms with E-state index in [2.05, 4.69) is 5.10 Å². The number of fused-ring (bicyclic) bond motifs is 1. The first-order chi connectivity index (χ1) is 14.9. The van der Waals surface area contributed by atoms with Crippen molar-refractivity contribution >= 4 is 28.5 Å². The van der Waals surface area contributed by atoms with Gasteiger partial charge in [0.15, 0.2) is 0 Å². The van der Waals surface area contributed by atoms with E-state index in [4.69, 9.17) is 20.8 Å². The Morgan fingerprint density at radius 3 is 2.52 bits per heavy atom. The van der Waals surface area contributed by atoms with Gasteiger partial charge in [-0.15, -0.1) is 0 Å². The number of aryl methyl sites for hydroxylation is 2. The zero-order chi connectivity index (χ0) is 22.1. The molecule has 0 radical (unpaired) electrons. The molecular weight excluding hydrogens is 416 g/mol. The number of esters is 1. The number of nitrogens with zero attached hydrogens (tertiary/aromatic N) is 2. The third kappa shape index (κ3) is 4.11. The van der Waals surface area contributed by atoms with Crippen molar-refractivity contribution in [1.82, 2.24) is 9.78 Å². The van der Waals surface area contributed by atoms with Crippen LogP contribution in [-0.4, -0.2) is 15.7 Å². The number of hydrogen-bond donors (Lipinski definition) is 0.